The van der Waals surface area contributed by atoms with Crippen LogP contribution in [0.3, 0.4) is 0 Å². The zero-order valence-electron chi connectivity index (χ0n) is 8.62. The zero-order chi connectivity index (χ0) is 12.2. The normalized spacial score (nSPS) is 13.2. The summed E-state index contributed by atoms with van der Waals surface area (Å²) in [4.78, 5) is 11.1. The van der Waals surface area contributed by atoms with E-state index in [1.807, 2.05) is 0 Å². The lowest BCUT2D eigenvalue weighted by Crippen LogP contribution is -2.31. The van der Waals surface area contributed by atoms with Crippen molar-refractivity contribution in [2.45, 2.75) is 25.6 Å². The fourth-order valence-corrected chi connectivity index (χ4v) is 1.07. The van der Waals surface area contributed by atoms with Crippen LogP contribution in [0.15, 0.2) is 30.3 Å². The van der Waals surface area contributed by atoms with Crippen molar-refractivity contribution in [3.8, 4) is 0 Å². The second-order valence-corrected chi connectivity index (χ2v) is 3.34. The Kier molecular flexibility index (Phi) is 3.93. The summed E-state index contributed by atoms with van der Waals surface area (Å²) in [5.74, 6) is -0.879. The van der Waals surface area contributed by atoms with Crippen molar-refractivity contribution in [3.05, 3.63) is 35.9 Å². The predicted octanol–water partition coefficient (Wildman–Crippen LogP) is 2.72. The summed E-state index contributed by atoms with van der Waals surface area (Å²) in [6.07, 6.45) is -6.73. The lowest BCUT2D eigenvalue weighted by Gasteiger charge is -2.16. The molecule has 0 heterocycles. The van der Waals surface area contributed by atoms with Gasteiger partial charge in [-0.05, 0) is 12.5 Å². The minimum absolute atomic E-state index is 0.152. The van der Waals surface area contributed by atoms with Crippen molar-refractivity contribution in [2.24, 2.45) is 0 Å². The molecule has 1 atom stereocenters. The van der Waals surface area contributed by atoms with E-state index in [9.17, 15) is 18.0 Å². The number of alkyl halides is 3. The van der Waals surface area contributed by atoms with Gasteiger partial charge in [0.25, 0.3) is 0 Å². The van der Waals surface area contributed by atoms with E-state index in [2.05, 4.69) is 4.74 Å². The summed E-state index contributed by atoms with van der Waals surface area (Å²) in [5, 5.41) is 0. The monoisotopic (exact) mass is 232 g/mol. The van der Waals surface area contributed by atoms with Gasteiger partial charge in [0.2, 0.25) is 0 Å². The molecule has 2 nitrogen and oxygen atoms in total. The van der Waals surface area contributed by atoms with Gasteiger partial charge in [0, 0.05) is 0 Å². The molecule has 0 saturated carbocycles. The third-order valence-corrected chi connectivity index (χ3v) is 1.96. The summed E-state index contributed by atoms with van der Waals surface area (Å²) < 4.78 is 40.5. The lowest BCUT2D eigenvalue weighted by molar-refractivity contribution is -0.215. The predicted molar refractivity (Wildman–Crippen MR) is 51.8 cm³/mol. The first kappa shape index (κ1) is 12.5. The van der Waals surface area contributed by atoms with E-state index in [1.165, 1.54) is 0 Å². The van der Waals surface area contributed by atoms with Gasteiger partial charge in [-0.2, -0.15) is 13.2 Å². The molecule has 5 heteroatoms. The molecule has 0 aliphatic carbocycles. The summed E-state index contributed by atoms with van der Waals surface area (Å²) in [6.45, 7) is 0.808. The molecule has 88 valence electrons. The fraction of sp³-hybridized carbons (Fsp3) is 0.364. The molecule has 0 aliphatic heterocycles. The van der Waals surface area contributed by atoms with Gasteiger partial charge in [0.1, 0.15) is 0 Å². The lowest BCUT2D eigenvalue weighted by atomic mass is 10.1. The van der Waals surface area contributed by atoms with Crippen LogP contribution in [0, 0.1) is 0 Å². The molecule has 16 heavy (non-hydrogen) atoms. The van der Waals surface area contributed by atoms with E-state index in [0.717, 1.165) is 6.92 Å². The number of ether oxygens (including phenoxy) is 1. The Balaban J connectivity index is 2.49. The number of esters is 1. The summed E-state index contributed by atoms with van der Waals surface area (Å²) in [5.41, 5.74) is 0.627. The van der Waals surface area contributed by atoms with Gasteiger partial charge in [-0.25, -0.2) is 0 Å². The maximum atomic E-state index is 12.1. The van der Waals surface area contributed by atoms with Gasteiger partial charge in [0.05, 0.1) is 6.42 Å². The van der Waals surface area contributed by atoms with Gasteiger partial charge >= 0.3 is 12.1 Å². The topological polar surface area (TPSA) is 26.3 Å². The van der Waals surface area contributed by atoms with Crippen molar-refractivity contribution in [2.75, 3.05) is 0 Å². The molecule has 0 amide bonds. The van der Waals surface area contributed by atoms with E-state index in [1.54, 1.807) is 30.3 Å². The number of hydrogen-bond donors (Lipinski definition) is 0. The fourth-order valence-electron chi connectivity index (χ4n) is 1.07. The molecule has 1 aromatic rings. The van der Waals surface area contributed by atoms with Crippen LogP contribution in [0.2, 0.25) is 0 Å². The third-order valence-electron chi connectivity index (χ3n) is 1.96. The van der Waals surface area contributed by atoms with Gasteiger partial charge in [-0.1, -0.05) is 30.3 Å². The molecule has 0 fully saturated rings. The molecule has 0 bridgehead atoms. The van der Waals surface area contributed by atoms with Crippen LogP contribution < -0.4 is 0 Å². The average molecular weight is 232 g/mol. The number of hydrogen-bond acceptors (Lipinski definition) is 2. The van der Waals surface area contributed by atoms with Crippen molar-refractivity contribution in [3.63, 3.8) is 0 Å². The van der Waals surface area contributed by atoms with Gasteiger partial charge in [0.15, 0.2) is 6.10 Å². The highest BCUT2D eigenvalue weighted by molar-refractivity contribution is 5.72. The van der Waals surface area contributed by atoms with Gasteiger partial charge < -0.3 is 4.74 Å². The van der Waals surface area contributed by atoms with Crippen LogP contribution in [-0.2, 0) is 16.0 Å². The maximum absolute atomic E-state index is 12.1. The molecule has 0 saturated heterocycles. The number of halogens is 3. The molecule has 1 rings (SSSR count). The highest BCUT2D eigenvalue weighted by Crippen LogP contribution is 2.22. The van der Waals surface area contributed by atoms with Crippen LogP contribution >= 0.6 is 0 Å². The third kappa shape index (κ3) is 3.92. The van der Waals surface area contributed by atoms with Gasteiger partial charge in [-0.3, -0.25) is 4.79 Å². The summed E-state index contributed by atoms with van der Waals surface area (Å²) in [6, 6.07) is 8.47. The Labute approximate surface area is 91.0 Å². The van der Waals surface area contributed by atoms with E-state index >= 15 is 0 Å². The van der Waals surface area contributed by atoms with E-state index < -0.39 is 18.2 Å². The number of benzene rings is 1. The van der Waals surface area contributed by atoms with Crippen LogP contribution in [-0.4, -0.2) is 18.2 Å². The molecule has 0 spiro atoms. The number of carbonyl (C=O) groups excluding carboxylic acids is 1. The Bertz CT molecular complexity index is 346. The second kappa shape index (κ2) is 5.01. The quantitative estimate of drug-likeness (QED) is 0.749. The largest absolute Gasteiger partial charge is 0.453 e. The molecule has 0 radical (unpaired) electrons. The minimum Gasteiger partial charge on any atom is -0.453 e. The number of carbonyl (C=O) groups is 1. The molecule has 0 N–H and O–H groups in total. The Morgan fingerprint density at radius 1 is 1.31 bits per heavy atom. The molecular weight excluding hydrogens is 221 g/mol. The summed E-state index contributed by atoms with van der Waals surface area (Å²) >= 11 is 0. The van der Waals surface area contributed by atoms with E-state index in [-0.39, 0.29) is 6.42 Å². The van der Waals surface area contributed by atoms with Crippen LogP contribution in [0.4, 0.5) is 13.2 Å². The SMILES string of the molecule is C[C@H](OC(=O)Cc1ccccc1)C(F)(F)F. The smallest absolute Gasteiger partial charge is 0.425 e. The highest BCUT2D eigenvalue weighted by atomic mass is 19.4. The Hall–Kier alpha value is -1.52. The highest BCUT2D eigenvalue weighted by Gasteiger charge is 2.39. The van der Waals surface area contributed by atoms with Crippen molar-refractivity contribution in [1.29, 1.82) is 0 Å². The van der Waals surface area contributed by atoms with Crippen LogP contribution in [0.5, 0.6) is 0 Å². The minimum atomic E-state index is -4.51. The Morgan fingerprint density at radius 3 is 2.38 bits per heavy atom. The molecule has 0 unspecified atom stereocenters. The first-order valence-corrected chi connectivity index (χ1v) is 4.69. The average Bonchev–Trinajstić information content (AvgIpc) is 2.17. The van der Waals surface area contributed by atoms with E-state index in [0.29, 0.717) is 5.56 Å². The second-order valence-electron chi connectivity index (χ2n) is 3.34. The van der Waals surface area contributed by atoms with Crippen molar-refractivity contribution in [1.82, 2.24) is 0 Å². The molecule has 0 aromatic heterocycles. The standard InChI is InChI=1S/C11H11F3O2/c1-8(11(12,13)14)16-10(15)7-9-5-3-2-4-6-9/h2-6,8H,7H2,1H3/t8-/m0/s1. The van der Waals surface area contributed by atoms with Crippen LogP contribution in [0.25, 0.3) is 0 Å². The zero-order valence-corrected chi connectivity index (χ0v) is 8.62. The Morgan fingerprint density at radius 2 is 1.88 bits per heavy atom. The van der Waals surface area contributed by atoms with Crippen molar-refractivity contribution < 1.29 is 22.7 Å². The molecular formula is C11H11F3O2. The molecule has 1 aromatic carbocycles. The maximum Gasteiger partial charge on any atom is 0.425 e. The summed E-state index contributed by atoms with van der Waals surface area (Å²) in [7, 11) is 0. The van der Waals surface area contributed by atoms with E-state index in [4.69, 9.17) is 0 Å². The first-order valence-electron chi connectivity index (χ1n) is 4.69. The molecule has 0 aliphatic rings. The van der Waals surface area contributed by atoms with Crippen molar-refractivity contribution >= 4 is 5.97 Å². The first-order chi connectivity index (χ1) is 7.39. The van der Waals surface area contributed by atoms with Crippen LogP contribution in [0.1, 0.15) is 12.5 Å². The number of rotatable bonds is 3. The van der Waals surface area contributed by atoms with Gasteiger partial charge in [-0.15, -0.1) is 0 Å².